The van der Waals surface area contributed by atoms with Gasteiger partial charge in [0.15, 0.2) is 0 Å². The van der Waals surface area contributed by atoms with Crippen molar-refractivity contribution in [1.29, 1.82) is 0 Å². The second kappa shape index (κ2) is 10.7. The monoisotopic (exact) mass is 695 g/mol. The molecule has 5 heterocycles. The SMILES string of the molecule is c1ccc(-n2c3cc(-c4ccc(-c5ccc6sc7ccccc7c6c5)cc4)sc3c3sc(-c4ccc5sc6ccccc6c5c4)cc32)cc1. The van der Waals surface area contributed by atoms with Crippen LogP contribution in [0.1, 0.15) is 0 Å². The average Bonchev–Trinajstić information content (AvgIpc) is 3.97. The van der Waals surface area contributed by atoms with Crippen molar-refractivity contribution in [2.45, 2.75) is 0 Å². The summed E-state index contributed by atoms with van der Waals surface area (Å²) in [6, 6.07) is 56.1. The zero-order valence-corrected chi connectivity index (χ0v) is 29.3. The third-order valence-electron chi connectivity index (χ3n) is 9.67. The van der Waals surface area contributed by atoms with Gasteiger partial charge < -0.3 is 4.57 Å². The van der Waals surface area contributed by atoms with Crippen LogP contribution in [0.15, 0.2) is 152 Å². The Balaban J connectivity index is 1.02. The maximum Gasteiger partial charge on any atom is 0.0711 e. The summed E-state index contributed by atoms with van der Waals surface area (Å²) in [6.45, 7) is 0. The van der Waals surface area contributed by atoms with E-state index in [4.69, 9.17) is 0 Å². The lowest BCUT2D eigenvalue weighted by Gasteiger charge is -2.06. The van der Waals surface area contributed by atoms with Crippen LogP contribution in [-0.2, 0) is 0 Å². The first-order valence-electron chi connectivity index (χ1n) is 16.3. The van der Waals surface area contributed by atoms with Crippen molar-refractivity contribution in [1.82, 2.24) is 4.57 Å². The van der Waals surface area contributed by atoms with E-state index < -0.39 is 0 Å². The molecule has 230 valence electrons. The molecule has 0 saturated carbocycles. The van der Waals surface area contributed by atoms with Crippen molar-refractivity contribution < 1.29 is 0 Å². The molecular weight excluding hydrogens is 671 g/mol. The van der Waals surface area contributed by atoms with Gasteiger partial charge in [0.25, 0.3) is 0 Å². The fourth-order valence-electron chi connectivity index (χ4n) is 7.30. The second-order valence-electron chi connectivity index (χ2n) is 12.5. The van der Waals surface area contributed by atoms with E-state index in [1.807, 2.05) is 45.3 Å². The number of thiophene rings is 4. The van der Waals surface area contributed by atoms with Gasteiger partial charge in [-0.2, -0.15) is 0 Å². The Bertz CT molecular complexity index is 3040. The molecule has 0 atom stereocenters. The van der Waals surface area contributed by atoms with Gasteiger partial charge in [-0.1, -0.05) is 91.0 Å². The summed E-state index contributed by atoms with van der Waals surface area (Å²) in [5, 5.41) is 5.37. The maximum absolute atomic E-state index is 2.46. The minimum atomic E-state index is 1.20. The highest BCUT2D eigenvalue weighted by molar-refractivity contribution is 7.30. The minimum absolute atomic E-state index is 1.20. The number of para-hydroxylation sites is 1. The van der Waals surface area contributed by atoms with Gasteiger partial charge in [0, 0.05) is 55.8 Å². The summed E-state index contributed by atoms with van der Waals surface area (Å²) < 4.78 is 10.5. The van der Waals surface area contributed by atoms with Gasteiger partial charge in [-0.25, -0.2) is 0 Å². The lowest BCUT2D eigenvalue weighted by Crippen LogP contribution is -1.91. The van der Waals surface area contributed by atoms with Crippen molar-refractivity contribution in [2.24, 2.45) is 0 Å². The quantitative estimate of drug-likeness (QED) is 0.173. The first-order chi connectivity index (χ1) is 24.2. The van der Waals surface area contributed by atoms with Crippen LogP contribution in [-0.4, -0.2) is 4.57 Å². The van der Waals surface area contributed by atoms with Crippen LogP contribution in [0.25, 0.3) is 98.5 Å². The van der Waals surface area contributed by atoms with Crippen LogP contribution in [0, 0.1) is 0 Å². The second-order valence-corrected chi connectivity index (χ2v) is 16.8. The van der Waals surface area contributed by atoms with E-state index in [0.717, 1.165) is 0 Å². The van der Waals surface area contributed by atoms with Crippen molar-refractivity contribution in [2.75, 3.05) is 0 Å². The molecule has 11 rings (SSSR count). The molecule has 0 amide bonds. The van der Waals surface area contributed by atoms with Gasteiger partial charge in [-0.05, 0) is 82.9 Å². The van der Waals surface area contributed by atoms with Gasteiger partial charge in [0.1, 0.15) is 0 Å². The smallest absolute Gasteiger partial charge is 0.0711 e. The normalized spacial score (nSPS) is 12.1. The van der Waals surface area contributed by atoms with Crippen LogP contribution in [0.3, 0.4) is 0 Å². The molecule has 5 aromatic heterocycles. The minimum Gasteiger partial charge on any atom is -0.307 e. The molecule has 5 heteroatoms. The van der Waals surface area contributed by atoms with Gasteiger partial charge >= 0.3 is 0 Å². The highest BCUT2D eigenvalue weighted by Gasteiger charge is 2.20. The number of rotatable bonds is 4. The molecular formula is C44H25NS4. The molecule has 11 aromatic rings. The molecule has 0 aliphatic heterocycles. The summed E-state index contributed by atoms with van der Waals surface area (Å²) in [7, 11) is 0. The topological polar surface area (TPSA) is 4.93 Å². The molecule has 0 aliphatic rings. The van der Waals surface area contributed by atoms with Crippen LogP contribution >= 0.6 is 45.3 Å². The van der Waals surface area contributed by atoms with E-state index in [-0.39, 0.29) is 0 Å². The van der Waals surface area contributed by atoms with Crippen LogP contribution in [0.4, 0.5) is 0 Å². The molecule has 0 radical (unpaired) electrons. The van der Waals surface area contributed by atoms with E-state index in [9.17, 15) is 0 Å². The molecule has 0 aliphatic carbocycles. The zero-order chi connectivity index (χ0) is 32.1. The van der Waals surface area contributed by atoms with Crippen LogP contribution in [0.2, 0.25) is 0 Å². The predicted molar refractivity (Wildman–Crippen MR) is 219 cm³/mol. The highest BCUT2D eigenvalue weighted by atomic mass is 32.1. The lowest BCUT2D eigenvalue weighted by atomic mass is 10.0. The Labute approximate surface area is 298 Å². The van der Waals surface area contributed by atoms with E-state index in [1.54, 1.807) is 0 Å². The number of aromatic nitrogens is 1. The number of nitrogens with zero attached hydrogens (tertiary/aromatic N) is 1. The van der Waals surface area contributed by atoms with Crippen molar-refractivity contribution >= 4 is 106 Å². The highest BCUT2D eigenvalue weighted by Crippen LogP contribution is 2.47. The molecule has 0 unspecified atom stereocenters. The van der Waals surface area contributed by atoms with E-state index in [0.29, 0.717) is 0 Å². The number of benzene rings is 6. The zero-order valence-electron chi connectivity index (χ0n) is 26.0. The van der Waals surface area contributed by atoms with Crippen molar-refractivity contribution in [3.63, 3.8) is 0 Å². The predicted octanol–water partition coefficient (Wildman–Crippen LogP) is 14.6. The van der Waals surface area contributed by atoms with Gasteiger partial charge in [0.2, 0.25) is 0 Å². The fraction of sp³-hybridized carbons (Fsp3) is 0. The average molecular weight is 696 g/mol. The standard InChI is InChI=1S/C44H25NS4/c1-2-8-30(9-3-1)45-35-24-41(27-16-14-26(15-17-27)28-18-20-39-33(22-28)31-10-4-6-12-37(31)46-39)48-43(35)44-36(45)25-42(49-44)29-19-21-40-34(23-29)32-11-5-7-13-38(32)47-40/h1-25H. The van der Waals surface area contributed by atoms with E-state index in [2.05, 4.69) is 156 Å². The van der Waals surface area contributed by atoms with Crippen LogP contribution in [0.5, 0.6) is 0 Å². The maximum atomic E-state index is 2.46. The summed E-state index contributed by atoms with van der Waals surface area (Å²) in [4.78, 5) is 2.60. The Morgan fingerprint density at radius 2 is 0.796 bits per heavy atom. The largest absolute Gasteiger partial charge is 0.307 e. The van der Waals surface area contributed by atoms with E-state index >= 15 is 0 Å². The first-order valence-corrected chi connectivity index (χ1v) is 19.6. The molecule has 6 aromatic carbocycles. The Morgan fingerprint density at radius 1 is 0.327 bits per heavy atom. The Kier molecular flexibility index (Phi) is 6.10. The molecule has 1 nitrogen and oxygen atoms in total. The third kappa shape index (κ3) is 4.33. The number of hydrogen-bond acceptors (Lipinski definition) is 4. The molecule has 0 fully saturated rings. The number of hydrogen-bond donors (Lipinski definition) is 0. The lowest BCUT2D eigenvalue weighted by molar-refractivity contribution is 1.19. The fourth-order valence-corrected chi connectivity index (χ4v) is 11.9. The van der Waals surface area contributed by atoms with Crippen molar-refractivity contribution in [3.05, 3.63) is 152 Å². The number of fused-ring (bicyclic) bond motifs is 9. The van der Waals surface area contributed by atoms with Gasteiger partial charge in [-0.3, -0.25) is 0 Å². The molecule has 0 saturated heterocycles. The van der Waals surface area contributed by atoms with Crippen molar-refractivity contribution in [3.8, 4) is 37.7 Å². The molecule has 0 spiro atoms. The Morgan fingerprint density at radius 3 is 1.43 bits per heavy atom. The third-order valence-corrected chi connectivity index (χ3v) is 14.5. The molecule has 49 heavy (non-hydrogen) atoms. The molecule has 0 bridgehead atoms. The first kappa shape index (κ1) is 27.9. The Hall–Kier alpha value is -5.04. The van der Waals surface area contributed by atoms with Gasteiger partial charge in [-0.15, -0.1) is 45.3 Å². The summed E-state index contributed by atoms with van der Waals surface area (Å²) >= 11 is 7.57. The summed E-state index contributed by atoms with van der Waals surface area (Å²) in [5.41, 5.74) is 8.80. The van der Waals surface area contributed by atoms with E-state index in [1.165, 1.54) is 98.5 Å². The summed E-state index contributed by atoms with van der Waals surface area (Å²) in [5.74, 6) is 0. The van der Waals surface area contributed by atoms with Gasteiger partial charge in [0.05, 0.1) is 20.4 Å². The summed E-state index contributed by atoms with van der Waals surface area (Å²) in [6.07, 6.45) is 0. The van der Waals surface area contributed by atoms with Crippen LogP contribution < -0.4 is 0 Å². The molecule has 0 N–H and O–H groups in total.